The van der Waals surface area contributed by atoms with Crippen LogP contribution in [0.15, 0.2) is 24.2 Å². The Balaban J connectivity index is 1.83. The molecule has 0 amide bonds. The number of hydrogen-bond acceptors (Lipinski definition) is 5. The number of carboxylic acid groups (broad SMARTS) is 1. The predicted octanol–water partition coefficient (Wildman–Crippen LogP) is 2.65. The Bertz CT molecular complexity index is 442. The van der Waals surface area contributed by atoms with Crippen molar-refractivity contribution in [1.82, 2.24) is 9.88 Å². The molecule has 0 radical (unpaired) electrons. The van der Waals surface area contributed by atoms with Crippen molar-refractivity contribution in [3.05, 3.63) is 24.2 Å². The van der Waals surface area contributed by atoms with Crippen LogP contribution in [0, 0.1) is 5.92 Å². The van der Waals surface area contributed by atoms with E-state index in [4.69, 9.17) is 9.84 Å². The van der Waals surface area contributed by atoms with E-state index in [0.29, 0.717) is 5.19 Å². The van der Waals surface area contributed by atoms with Gasteiger partial charge < -0.3 is 9.84 Å². The zero-order valence-corrected chi connectivity index (χ0v) is 12.9. The Morgan fingerprint density at radius 3 is 2.95 bits per heavy atom. The number of nitrogens with zero attached hydrogens (tertiary/aromatic N) is 2. The molecule has 2 heterocycles. The summed E-state index contributed by atoms with van der Waals surface area (Å²) in [4.78, 5) is 17.4. The number of piperidine rings is 1. The third-order valence-electron chi connectivity index (χ3n) is 3.77. The minimum atomic E-state index is -0.670. The van der Waals surface area contributed by atoms with Crippen molar-refractivity contribution >= 4 is 17.3 Å². The van der Waals surface area contributed by atoms with E-state index in [1.165, 1.54) is 11.3 Å². The highest BCUT2D eigenvalue weighted by Crippen LogP contribution is 2.21. The molecule has 0 aromatic carbocycles. The molecule has 0 aliphatic carbocycles. The minimum Gasteiger partial charge on any atom is -0.481 e. The molecule has 0 bridgehead atoms. The lowest BCUT2D eigenvalue weighted by Gasteiger charge is -2.32. The van der Waals surface area contributed by atoms with Crippen molar-refractivity contribution in [3.63, 3.8) is 0 Å². The van der Waals surface area contributed by atoms with Crippen LogP contribution < -0.4 is 4.74 Å². The van der Waals surface area contributed by atoms with Gasteiger partial charge in [0.1, 0.15) is 6.10 Å². The number of aliphatic carboxylic acids is 1. The summed E-state index contributed by atoms with van der Waals surface area (Å²) in [7, 11) is 0. The maximum absolute atomic E-state index is 11.0. The Morgan fingerprint density at radius 1 is 1.62 bits per heavy atom. The topological polar surface area (TPSA) is 62.7 Å². The van der Waals surface area contributed by atoms with E-state index in [1.54, 1.807) is 6.20 Å². The van der Waals surface area contributed by atoms with Gasteiger partial charge in [0.15, 0.2) is 0 Å². The second-order valence-corrected chi connectivity index (χ2v) is 6.17. The van der Waals surface area contributed by atoms with E-state index in [-0.39, 0.29) is 12.0 Å². The van der Waals surface area contributed by atoms with E-state index in [0.717, 1.165) is 45.3 Å². The van der Waals surface area contributed by atoms with Crippen LogP contribution in [0.25, 0.3) is 0 Å². The molecule has 1 aromatic heterocycles. The molecular weight excluding hydrogens is 288 g/mol. The van der Waals surface area contributed by atoms with Gasteiger partial charge in [0, 0.05) is 18.1 Å². The van der Waals surface area contributed by atoms with Crippen molar-refractivity contribution in [3.8, 4) is 5.19 Å². The number of likely N-dealkylation sites (tertiary alicyclic amines) is 1. The summed E-state index contributed by atoms with van der Waals surface area (Å²) in [6.07, 6.45) is 6.97. The highest BCUT2D eigenvalue weighted by Gasteiger charge is 2.26. The van der Waals surface area contributed by atoms with E-state index in [9.17, 15) is 4.79 Å². The van der Waals surface area contributed by atoms with Gasteiger partial charge in [-0.3, -0.25) is 9.69 Å². The molecule has 2 rings (SSSR count). The molecule has 1 aliphatic rings. The molecule has 1 aliphatic heterocycles. The van der Waals surface area contributed by atoms with Crippen LogP contribution in [0.5, 0.6) is 5.19 Å². The summed E-state index contributed by atoms with van der Waals surface area (Å²) in [6.45, 7) is 6.22. The molecule has 1 fully saturated rings. The molecule has 6 heteroatoms. The third-order valence-corrected chi connectivity index (χ3v) is 4.43. The van der Waals surface area contributed by atoms with Crippen LogP contribution in [0.2, 0.25) is 0 Å². The van der Waals surface area contributed by atoms with E-state index in [2.05, 4.69) is 16.5 Å². The fourth-order valence-electron chi connectivity index (χ4n) is 2.55. The number of aromatic nitrogens is 1. The van der Waals surface area contributed by atoms with Crippen LogP contribution in [0.1, 0.15) is 25.7 Å². The number of allylic oxidation sites excluding steroid dienone is 1. The maximum atomic E-state index is 11.0. The summed E-state index contributed by atoms with van der Waals surface area (Å²) in [5.41, 5.74) is 0. The molecule has 5 nitrogen and oxygen atoms in total. The average Bonchev–Trinajstić information content (AvgIpc) is 2.98. The number of ether oxygens (including phenoxy) is 1. The van der Waals surface area contributed by atoms with Crippen LogP contribution in [-0.2, 0) is 4.79 Å². The first kappa shape index (κ1) is 16.0. The average molecular weight is 310 g/mol. The van der Waals surface area contributed by atoms with Crippen molar-refractivity contribution in [1.29, 1.82) is 0 Å². The number of thiazole rings is 1. The van der Waals surface area contributed by atoms with E-state index >= 15 is 0 Å². The molecule has 0 spiro atoms. The minimum absolute atomic E-state index is 0.0792. The first-order valence-electron chi connectivity index (χ1n) is 7.31. The summed E-state index contributed by atoms with van der Waals surface area (Å²) >= 11 is 1.50. The van der Waals surface area contributed by atoms with Crippen LogP contribution in [-0.4, -0.2) is 46.7 Å². The van der Waals surface area contributed by atoms with Crippen molar-refractivity contribution in [2.45, 2.75) is 31.8 Å². The number of carbonyl (C=O) groups is 1. The summed E-state index contributed by atoms with van der Waals surface area (Å²) in [5.74, 6) is -0.857. The zero-order chi connectivity index (χ0) is 15.1. The van der Waals surface area contributed by atoms with Crippen molar-refractivity contribution in [2.75, 3.05) is 19.6 Å². The molecular formula is C15H22N2O3S. The molecule has 1 aromatic rings. The quantitative estimate of drug-likeness (QED) is 0.748. The fraction of sp³-hybridized carbons (Fsp3) is 0.600. The zero-order valence-electron chi connectivity index (χ0n) is 12.1. The molecule has 0 saturated carbocycles. The number of hydrogen-bond donors (Lipinski definition) is 1. The highest BCUT2D eigenvalue weighted by atomic mass is 32.1. The van der Waals surface area contributed by atoms with Gasteiger partial charge in [-0.1, -0.05) is 17.4 Å². The highest BCUT2D eigenvalue weighted by molar-refractivity contribution is 7.11. The van der Waals surface area contributed by atoms with Crippen LogP contribution in [0.3, 0.4) is 0 Å². The van der Waals surface area contributed by atoms with Crippen molar-refractivity contribution < 1.29 is 14.6 Å². The van der Waals surface area contributed by atoms with Crippen LogP contribution >= 0.6 is 11.3 Å². The maximum Gasteiger partial charge on any atom is 0.306 e. The monoisotopic (exact) mass is 310 g/mol. The fourth-order valence-corrected chi connectivity index (χ4v) is 3.10. The van der Waals surface area contributed by atoms with Crippen molar-refractivity contribution in [2.24, 2.45) is 5.92 Å². The summed E-state index contributed by atoms with van der Waals surface area (Å²) in [6, 6.07) is 0. The third kappa shape index (κ3) is 5.13. The predicted molar refractivity (Wildman–Crippen MR) is 82.8 cm³/mol. The largest absolute Gasteiger partial charge is 0.481 e. The van der Waals surface area contributed by atoms with Gasteiger partial charge in [-0.15, -0.1) is 6.58 Å². The second kappa shape index (κ2) is 8.14. The molecule has 21 heavy (non-hydrogen) atoms. The van der Waals surface area contributed by atoms with Gasteiger partial charge >= 0.3 is 5.97 Å². The summed E-state index contributed by atoms with van der Waals surface area (Å²) in [5, 5.41) is 11.6. The lowest BCUT2D eigenvalue weighted by Crippen LogP contribution is -2.42. The molecule has 1 atom stereocenters. The Kier molecular flexibility index (Phi) is 6.20. The van der Waals surface area contributed by atoms with Crippen LogP contribution in [0.4, 0.5) is 0 Å². The van der Waals surface area contributed by atoms with Gasteiger partial charge in [0.25, 0.3) is 5.19 Å². The van der Waals surface area contributed by atoms with Gasteiger partial charge in [0.05, 0.1) is 5.92 Å². The second-order valence-electron chi connectivity index (χ2n) is 5.32. The normalized spacial score (nSPS) is 18.3. The Morgan fingerprint density at radius 2 is 2.38 bits per heavy atom. The molecule has 0 unspecified atom stereocenters. The van der Waals surface area contributed by atoms with Gasteiger partial charge in [-0.25, -0.2) is 4.98 Å². The standard InChI is InChI=1S/C15H22N2O3S/c1-2-3-4-13(20-15-16-7-10-21-15)11-17-8-5-12(6-9-17)14(18)19/h2,7,10,12-13H,1,3-6,8-9,11H2,(H,18,19)/t13-/m1/s1. The number of rotatable bonds is 8. The van der Waals surface area contributed by atoms with Gasteiger partial charge in [0.2, 0.25) is 0 Å². The molecule has 1 N–H and O–H groups in total. The van der Waals surface area contributed by atoms with E-state index in [1.807, 2.05) is 11.5 Å². The lowest BCUT2D eigenvalue weighted by atomic mass is 9.97. The molecule has 1 saturated heterocycles. The first-order valence-corrected chi connectivity index (χ1v) is 8.19. The SMILES string of the molecule is C=CCC[C@H](CN1CCC(C(=O)O)CC1)Oc1nccs1. The first-order chi connectivity index (χ1) is 10.2. The van der Waals surface area contributed by atoms with E-state index < -0.39 is 5.97 Å². The lowest BCUT2D eigenvalue weighted by molar-refractivity contribution is -0.143. The summed E-state index contributed by atoms with van der Waals surface area (Å²) < 4.78 is 5.94. The Labute approximate surface area is 129 Å². The Hall–Kier alpha value is -1.40. The van der Waals surface area contributed by atoms with Gasteiger partial charge in [-0.2, -0.15) is 0 Å². The molecule has 116 valence electrons. The number of carboxylic acids is 1. The van der Waals surface area contributed by atoms with Gasteiger partial charge in [-0.05, 0) is 38.8 Å². The smallest absolute Gasteiger partial charge is 0.306 e.